The van der Waals surface area contributed by atoms with E-state index in [1.165, 1.54) is 5.56 Å². The van der Waals surface area contributed by atoms with E-state index < -0.39 is 0 Å². The van der Waals surface area contributed by atoms with Crippen molar-refractivity contribution in [1.82, 2.24) is 15.3 Å². The highest BCUT2D eigenvalue weighted by molar-refractivity contribution is 5.93. The molecular formula is C20H26N4O2. The molecule has 0 spiro atoms. The number of nitrogens with zero attached hydrogens (tertiary/aromatic N) is 2. The molecular weight excluding hydrogens is 328 g/mol. The van der Waals surface area contributed by atoms with Gasteiger partial charge in [-0.1, -0.05) is 39.0 Å². The molecule has 1 fully saturated rings. The van der Waals surface area contributed by atoms with Gasteiger partial charge < -0.3 is 15.4 Å². The Morgan fingerprint density at radius 3 is 2.62 bits per heavy atom. The lowest BCUT2D eigenvalue weighted by atomic mass is 9.86. The number of carbonyl (C=O) groups is 1. The molecule has 6 heteroatoms. The molecule has 1 amide bonds. The topological polar surface area (TPSA) is 76.1 Å². The molecule has 2 heterocycles. The molecule has 26 heavy (non-hydrogen) atoms. The number of amides is 1. The van der Waals surface area contributed by atoms with Gasteiger partial charge in [-0.25, -0.2) is 9.97 Å². The van der Waals surface area contributed by atoms with Crippen molar-refractivity contribution in [1.29, 1.82) is 0 Å². The maximum Gasteiger partial charge on any atom is 0.254 e. The van der Waals surface area contributed by atoms with E-state index >= 15 is 0 Å². The highest BCUT2D eigenvalue weighted by atomic mass is 16.5. The minimum atomic E-state index is -0.179. The molecule has 0 bridgehead atoms. The molecule has 0 radical (unpaired) electrons. The summed E-state index contributed by atoms with van der Waals surface area (Å²) >= 11 is 0. The fourth-order valence-electron chi connectivity index (χ4n) is 2.99. The third-order valence-corrected chi connectivity index (χ3v) is 4.41. The van der Waals surface area contributed by atoms with Crippen LogP contribution in [0.5, 0.6) is 0 Å². The predicted molar refractivity (Wildman–Crippen MR) is 102 cm³/mol. The SMILES string of the molecule is CC(C)(C)c1ccccc1Nc1ncc(C(=O)NCC2CCCO2)cn1. The Morgan fingerprint density at radius 2 is 1.96 bits per heavy atom. The van der Waals surface area contributed by atoms with Crippen molar-refractivity contribution in [2.24, 2.45) is 0 Å². The Morgan fingerprint density at radius 1 is 1.23 bits per heavy atom. The highest BCUT2D eigenvalue weighted by Gasteiger charge is 2.19. The largest absolute Gasteiger partial charge is 0.376 e. The summed E-state index contributed by atoms with van der Waals surface area (Å²) in [7, 11) is 0. The normalized spacial score (nSPS) is 17.1. The number of rotatable bonds is 5. The van der Waals surface area contributed by atoms with Gasteiger partial charge in [0, 0.05) is 31.2 Å². The Kier molecular flexibility index (Phi) is 5.52. The zero-order valence-electron chi connectivity index (χ0n) is 15.6. The Hall–Kier alpha value is -2.47. The van der Waals surface area contributed by atoms with Gasteiger partial charge in [-0.05, 0) is 29.9 Å². The van der Waals surface area contributed by atoms with Gasteiger partial charge in [0.25, 0.3) is 5.91 Å². The Bertz CT molecular complexity index is 747. The van der Waals surface area contributed by atoms with Crippen LogP contribution in [0, 0.1) is 0 Å². The van der Waals surface area contributed by atoms with Crippen LogP contribution in [0.15, 0.2) is 36.7 Å². The van der Waals surface area contributed by atoms with E-state index in [1.54, 1.807) is 12.4 Å². The van der Waals surface area contributed by atoms with Crippen molar-refractivity contribution in [3.8, 4) is 0 Å². The summed E-state index contributed by atoms with van der Waals surface area (Å²) in [6.07, 6.45) is 5.25. The first kappa shape index (κ1) is 18.3. The quantitative estimate of drug-likeness (QED) is 0.860. The van der Waals surface area contributed by atoms with E-state index in [9.17, 15) is 4.79 Å². The number of anilines is 2. The summed E-state index contributed by atoms with van der Waals surface area (Å²) in [4.78, 5) is 20.8. The van der Waals surface area contributed by atoms with Gasteiger partial charge >= 0.3 is 0 Å². The second kappa shape index (κ2) is 7.83. The van der Waals surface area contributed by atoms with Crippen LogP contribution in [-0.4, -0.2) is 35.1 Å². The average Bonchev–Trinajstić information content (AvgIpc) is 3.13. The lowest BCUT2D eigenvalue weighted by molar-refractivity contribution is 0.0857. The molecule has 1 aliphatic rings. The molecule has 1 saturated heterocycles. The second-order valence-electron chi connectivity index (χ2n) is 7.56. The van der Waals surface area contributed by atoms with Crippen LogP contribution in [0.1, 0.15) is 49.5 Å². The second-order valence-corrected chi connectivity index (χ2v) is 7.56. The zero-order valence-corrected chi connectivity index (χ0v) is 15.6. The van der Waals surface area contributed by atoms with Crippen molar-refractivity contribution in [2.75, 3.05) is 18.5 Å². The number of hydrogen-bond donors (Lipinski definition) is 2. The van der Waals surface area contributed by atoms with Gasteiger partial charge in [-0.2, -0.15) is 0 Å². The summed E-state index contributed by atoms with van der Waals surface area (Å²) in [6.45, 7) is 7.79. The Labute approximate surface area is 154 Å². The molecule has 1 unspecified atom stereocenters. The average molecular weight is 354 g/mol. The lowest BCUT2D eigenvalue weighted by Crippen LogP contribution is -2.31. The summed E-state index contributed by atoms with van der Waals surface area (Å²) in [6, 6.07) is 8.10. The molecule has 6 nitrogen and oxygen atoms in total. The molecule has 1 aromatic heterocycles. The molecule has 0 saturated carbocycles. The number of hydrogen-bond acceptors (Lipinski definition) is 5. The van der Waals surface area contributed by atoms with E-state index in [0.717, 1.165) is 25.1 Å². The van der Waals surface area contributed by atoms with E-state index in [1.807, 2.05) is 18.2 Å². The number of aromatic nitrogens is 2. The number of ether oxygens (including phenoxy) is 1. The summed E-state index contributed by atoms with van der Waals surface area (Å²) in [5.74, 6) is 0.291. The zero-order chi connectivity index (χ0) is 18.6. The van der Waals surface area contributed by atoms with Crippen molar-refractivity contribution < 1.29 is 9.53 Å². The van der Waals surface area contributed by atoms with Crippen LogP contribution >= 0.6 is 0 Å². The predicted octanol–water partition coefficient (Wildman–Crippen LogP) is 3.43. The molecule has 2 aromatic rings. The molecule has 138 valence electrons. The van der Waals surface area contributed by atoms with Gasteiger partial charge in [0.05, 0.1) is 11.7 Å². The van der Waals surface area contributed by atoms with Crippen LogP contribution in [0.2, 0.25) is 0 Å². The smallest absolute Gasteiger partial charge is 0.254 e. The van der Waals surface area contributed by atoms with E-state index in [4.69, 9.17) is 4.74 Å². The van der Waals surface area contributed by atoms with E-state index in [0.29, 0.717) is 18.1 Å². The minimum Gasteiger partial charge on any atom is -0.376 e. The monoisotopic (exact) mass is 354 g/mol. The van der Waals surface area contributed by atoms with E-state index in [-0.39, 0.29) is 17.4 Å². The molecule has 3 rings (SSSR count). The van der Waals surface area contributed by atoms with Gasteiger partial charge in [0.15, 0.2) is 0 Å². The molecule has 0 aliphatic carbocycles. The van der Waals surface area contributed by atoms with Crippen molar-refractivity contribution >= 4 is 17.5 Å². The van der Waals surface area contributed by atoms with E-state index in [2.05, 4.69) is 47.4 Å². The summed E-state index contributed by atoms with van der Waals surface area (Å²) in [5, 5.41) is 6.12. The molecule has 2 N–H and O–H groups in total. The summed E-state index contributed by atoms with van der Waals surface area (Å²) in [5.41, 5.74) is 2.60. The first-order valence-electron chi connectivity index (χ1n) is 9.02. The maximum absolute atomic E-state index is 12.2. The molecule has 1 aromatic carbocycles. The van der Waals surface area contributed by atoms with Gasteiger partial charge in [0.1, 0.15) is 0 Å². The molecule has 1 atom stereocenters. The minimum absolute atomic E-state index is 0.00568. The lowest BCUT2D eigenvalue weighted by Gasteiger charge is -2.22. The van der Waals surface area contributed by atoms with Gasteiger partial charge in [0.2, 0.25) is 5.95 Å². The number of para-hydroxylation sites is 1. The highest BCUT2D eigenvalue weighted by Crippen LogP contribution is 2.30. The first-order valence-corrected chi connectivity index (χ1v) is 9.02. The van der Waals surface area contributed by atoms with Crippen LogP contribution < -0.4 is 10.6 Å². The maximum atomic E-state index is 12.2. The fourth-order valence-corrected chi connectivity index (χ4v) is 2.99. The van der Waals surface area contributed by atoms with Crippen LogP contribution in [-0.2, 0) is 10.2 Å². The fraction of sp³-hybridized carbons (Fsp3) is 0.450. The van der Waals surface area contributed by atoms with Gasteiger partial charge in [-0.3, -0.25) is 4.79 Å². The number of nitrogens with one attached hydrogen (secondary N) is 2. The van der Waals surface area contributed by atoms with Crippen molar-refractivity contribution in [3.05, 3.63) is 47.8 Å². The van der Waals surface area contributed by atoms with Crippen LogP contribution in [0.25, 0.3) is 0 Å². The Balaban J connectivity index is 1.64. The first-order chi connectivity index (χ1) is 12.4. The van der Waals surface area contributed by atoms with Crippen LogP contribution in [0.3, 0.4) is 0 Å². The summed E-state index contributed by atoms with van der Waals surface area (Å²) < 4.78 is 5.51. The van der Waals surface area contributed by atoms with Gasteiger partial charge in [-0.15, -0.1) is 0 Å². The van der Waals surface area contributed by atoms with Crippen molar-refractivity contribution in [3.63, 3.8) is 0 Å². The standard InChI is InChI=1S/C20H26N4O2/c1-20(2,3)16-8-4-5-9-17(16)24-19-22-11-14(12-23-19)18(25)21-13-15-7-6-10-26-15/h4-5,8-9,11-12,15H,6-7,10,13H2,1-3H3,(H,21,25)(H,22,23,24). The molecule has 1 aliphatic heterocycles. The van der Waals surface area contributed by atoms with Crippen molar-refractivity contribution in [2.45, 2.75) is 45.1 Å². The third kappa shape index (κ3) is 4.58. The number of carbonyl (C=O) groups excluding carboxylic acids is 1. The third-order valence-electron chi connectivity index (χ3n) is 4.41. The van der Waals surface area contributed by atoms with Crippen LogP contribution in [0.4, 0.5) is 11.6 Å². The number of benzene rings is 1.